The summed E-state index contributed by atoms with van der Waals surface area (Å²) in [5, 5.41) is 0. The number of benzene rings is 1. The Kier molecular flexibility index (Phi) is 2.99. The fourth-order valence-corrected chi connectivity index (χ4v) is 3.21. The van der Waals surface area contributed by atoms with Crippen LogP contribution in [0.5, 0.6) is 0 Å². The first-order valence-electron chi connectivity index (χ1n) is 6.54. The van der Waals surface area contributed by atoms with Crippen LogP contribution in [0.25, 0.3) is 0 Å². The quantitative estimate of drug-likeness (QED) is 0.724. The molecule has 2 nitrogen and oxygen atoms in total. The molecule has 2 bridgehead atoms. The Morgan fingerprint density at radius 3 is 2.55 bits per heavy atom. The van der Waals surface area contributed by atoms with E-state index in [0.29, 0.717) is 24.6 Å². The second-order valence-electron chi connectivity index (χ2n) is 5.48. The minimum atomic E-state index is -4.79. The molecule has 0 aromatic heterocycles. The molecular weight excluding hydrogens is 274 g/mol. The maximum atomic E-state index is 13.2. The summed E-state index contributed by atoms with van der Waals surface area (Å²) in [5.74, 6) is -1.31. The van der Waals surface area contributed by atoms with Crippen LogP contribution in [0, 0.1) is 11.7 Å². The highest BCUT2D eigenvalue weighted by Crippen LogP contribution is 2.38. The average molecular weight is 287 g/mol. The standard InChI is InChI=1S/C14H13F4NO/c15-12-4-2-9(6-11(12)14(16,17)18)13(20)19-7-8-1-3-10(19)5-8/h2,4,6,8,10H,1,3,5,7H2/t8-,10-/m0/s1. The molecule has 6 heteroatoms. The normalized spacial score (nSPS) is 25.3. The summed E-state index contributed by atoms with van der Waals surface area (Å²) in [6.07, 6.45) is -1.88. The zero-order valence-corrected chi connectivity index (χ0v) is 10.6. The molecule has 3 rings (SSSR count). The molecule has 2 atom stereocenters. The predicted octanol–water partition coefficient (Wildman–Crippen LogP) is 3.47. The van der Waals surface area contributed by atoms with Crippen LogP contribution < -0.4 is 0 Å². The van der Waals surface area contributed by atoms with Gasteiger partial charge >= 0.3 is 6.18 Å². The van der Waals surface area contributed by atoms with Crippen molar-refractivity contribution < 1.29 is 22.4 Å². The first-order chi connectivity index (χ1) is 9.36. The Bertz CT molecular complexity index is 555. The second kappa shape index (κ2) is 4.46. The van der Waals surface area contributed by atoms with Gasteiger partial charge in [-0.1, -0.05) is 0 Å². The molecule has 108 valence electrons. The van der Waals surface area contributed by atoms with Gasteiger partial charge in [0.25, 0.3) is 5.91 Å². The highest BCUT2D eigenvalue weighted by Gasteiger charge is 2.41. The molecule has 1 amide bonds. The molecule has 0 radical (unpaired) electrons. The first kappa shape index (κ1) is 13.4. The molecule has 1 aromatic rings. The average Bonchev–Trinajstić information content (AvgIpc) is 2.99. The van der Waals surface area contributed by atoms with Gasteiger partial charge in [-0.15, -0.1) is 0 Å². The molecule has 0 N–H and O–H groups in total. The number of alkyl halides is 3. The van der Waals surface area contributed by atoms with Gasteiger partial charge in [0.2, 0.25) is 0 Å². The third kappa shape index (κ3) is 2.17. The lowest BCUT2D eigenvalue weighted by Crippen LogP contribution is -2.37. The fourth-order valence-electron chi connectivity index (χ4n) is 3.21. The maximum Gasteiger partial charge on any atom is 0.419 e. The van der Waals surface area contributed by atoms with E-state index in [9.17, 15) is 22.4 Å². The molecule has 2 aliphatic rings. The van der Waals surface area contributed by atoms with Crippen LogP contribution in [0.1, 0.15) is 35.2 Å². The maximum absolute atomic E-state index is 13.2. The molecule has 1 aliphatic carbocycles. The van der Waals surface area contributed by atoms with Crippen molar-refractivity contribution in [3.63, 3.8) is 0 Å². The predicted molar refractivity (Wildman–Crippen MR) is 63.6 cm³/mol. The summed E-state index contributed by atoms with van der Waals surface area (Å²) < 4.78 is 51.2. The van der Waals surface area contributed by atoms with Crippen LogP contribution in [0.3, 0.4) is 0 Å². The zero-order chi connectivity index (χ0) is 14.5. The molecule has 1 saturated heterocycles. The number of piperidine rings is 1. The molecule has 1 aliphatic heterocycles. The summed E-state index contributed by atoms with van der Waals surface area (Å²) in [6, 6.07) is 2.58. The Morgan fingerprint density at radius 2 is 2.00 bits per heavy atom. The summed E-state index contributed by atoms with van der Waals surface area (Å²) in [7, 11) is 0. The number of hydrogen-bond donors (Lipinski definition) is 0. The number of carbonyl (C=O) groups excluding carboxylic acids is 1. The number of likely N-dealkylation sites (tertiary alicyclic amines) is 1. The van der Waals surface area contributed by atoms with Crippen LogP contribution in [0.15, 0.2) is 18.2 Å². The third-order valence-corrected chi connectivity index (χ3v) is 4.19. The van der Waals surface area contributed by atoms with Crippen molar-refractivity contribution in [2.45, 2.75) is 31.5 Å². The number of halogens is 4. The highest BCUT2D eigenvalue weighted by atomic mass is 19.4. The number of amides is 1. The van der Waals surface area contributed by atoms with Crippen LogP contribution in [-0.4, -0.2) is 23.4 Å². The van der Waals surface area contributed by atoms with E-state index in [2.05, 4.69) is 0 Å². The van der Waals surface area contributed by atoms with E-state index in [1.54, 1.807) is 4.90 Å². The van der Waals surface area contributed by atoms with E-state index in [0.717, 1.165) is 25.3 Å². The lowest BCUT2D eigenvalue weighted by Gasteiger charge is -2.27. The monoisotopic (exact) mass is 287 g/mol. The minimum Gasteiger partial charge on any atom is -0.335 e. The summed E-state index contributed by atoms with van der Waals surface area (Å²) in [6.45, 7) is 0.599. The van der Waals surface area contributed by atoms with Gasteiger partial charge in [-0.25, -0.2) is 4.39 Å². The van der Waals surface area contributed by atoms with Crippen molar-refractivity contribution in [1.82, 2.24) is 4.90 Å². The first-order valence-corrected chi connectivity index (χ1v) is 6.54. The Hall–Kier alpha value is -1.59. The lowest BCUT2D eigenvalue weighted by molar-refractivity contribution is -0.140. The van der Waals surface area contributed by atoms with Gasteiger partial charge in [0.05, 0.1) is 5.56 Å². The second-order valence-corrected chi connectivity index (χ2v) is 5.48. The molecule has 1 heterocycles. The lowest BCUT2D eigenvalue weighted by atomic mass is 10.1. The van der Waals surface area contributed by atoms with Crippen molar-refractivity contribution >= 4 is 5.91 Å². The Labute approximate surface area is 113 Å². The number of nitrogens with zero attached hydrogens (tertiary/aromatic N) is 1. The molecule has 0 spiro atoms. The van der Waals surface area contributed by atoms with Gasteiger partial charge in [-0.3, -0.25) is 4.79 Å². The summed E-state index contributed by atoms with van der Waals surface area (Å²) in [4.78, 5) is 13.9. The third-order valence-electron chi connectivity index (χ3n) is 4.19. The molecule has 1 saturated carbocycles. The van der Waals surface area contributed by atoms with E-state index in [1.807, 2.05) is 0 Å². The number of rotatable bonds is 1. The van der Waals surface area contributed by atoms with Crippen LogP contribution in [0.2, 0.25) is 0 Å². The summed E-state index contributed by atoms with van der Waals surface area (Å²) >= 11 is 0. The van der Waals surface area contributed by atoms with Crippen LogP contribution in [-0.2, 0) is 6.18 Å². The van der Waals surface area contributed by atoms with Crippen LogP contribution >= 0.6 is 0 Å². The van der Waals surface area contributed by atoms with Crippen molar-refractivity contribution in [2.24, 2.45) is 5.92 Å². The van der Waals surface area contributed by atoms with E-state index >= 15 is 0 Å². The molecule has 1 aromatic carbocycles. The molecular formula is C14H13F4NO. The smallest absolute Gasteiger partial charge is 0.335 e. The largest absolute Gasteiger partial charge is 0.419 e. The van der Waals surface area contributed by atoms with Gasteiger partial charge in [-0.05, 0) is 43.4 Å². The van der Waals surface area contributed by atoms with Crippen molar-refractivity contribution in [1.29, 1.82) is 0 Å². The van der Waals surface area contributed by atoms with E-state index in [1.165, 1.54) is 0 Å². The Balaban J connectivity index is 1.89. The van der Waals surface area contributed by atoms with Crippen molar-refractivity contribution in [3.05, 3.63) is 35.1 Å². The highest BCUT2D eigenvalue weighted by molar-refractivity contribution is 5.95. The molecule has 0 unspecified atom stereocenters. The van der Waals surface area contributed by atoms with E-state index < -0.39 is 23.5 Å². The van der Waals surface area contributed by atoms with E-state index in [4.69, 9.17) is 0 Å². The minimum absolute atomic E-state index is 0.0914. The number of hydrogen-bond acceptors (Lipinski definition) is 1. The molecule has 20 heavy (non-hydrogen) atoms. The summed E-state index contributed by atoms with van der Waals surface area (Å²) in [5.41, 5.74) is -1.47. The zero-order valence-electron chi connectivity index (χ0n) is 10.6. The SMILES string of the molecule is O=C(c1ccc(F)c(C(F)(F)F)c1)N1C[C@H]2CC[C@H]1C2. The number of carbonyl (C=O) groups is 1. The molecule has 2 fully saturated rings. The Morgan fingerprint density at radius 1 is 1.25 bits per heavy atom. The number of fused-ring (bicyclic) bond motifs is 2. The van der Waals surface area contributed by atoms with Gasteiger partial charge < -0.3 is 4.90 Å². The van der Waals surface area contributed by atoms with E-state index in [-0.39, 0.29) is 11.6 Å². The van der Waals surface area contributed by atoms with Gasteiger partial charge in [-0.2, -0.15) is 13.2 Å². The van der Waals surface area contributed by atoms with Crippen molar-refractivity contribution in [2.75, 3.05) is 6.54 Å². The van der Waals surface area contributed by atoms with Crippen LogP contribution in [0.4, 0.5) is 17.6 Å². The van der Waals surface area contributed by atoms with Gasteiger partial charge in [0.1, 0.15) is 5.82 Å². The van der Waals surface area contributed by atoms with Gasteiger partial charge in [0, 0.05) is 18.2 Å². The van der Waals surface area contributed by atoms with Crippen molar-refractivity contribution in [3.8, 4) is 0 Å². The topological polar surface area (TPSA) is 20.3 Å². The van der Waals surface area contributed by atoms with Gasteiger partial charge in [0.15, 0.2) is 0 Å². The fraction of sp³-hybridized carbons (Fsp3) is 0.500.